The molecule has 2 aliphatic rings. The predicted octanol–water partition coefficient (Wildman–Crippen LogP) is 3.81. The molecule has 1 aromatic carbocycles. The van der Waals surface area contributed by atoms with E-state index in [0.29, 0.717) is 11.1 Å². The van der Waals surface area contributed by atoms with E-state index < -0.39 is 0 Å². The minimum Gasteiger partial charge on any atom is -0.356 e. The smallest absolute Gasteiger partial charge is 0.139 e. The van der Waals surface area contributed by atoms with Crippen LogP contribution < -0.4 is 4.90 Å². The number of benzene rings is 1. The van der Waals surface area contributed by atoms with Gasteiger partial charge in [-0.1, -0.05) is 35.9 Å². The van der Waals surface area contributed by atoms with E-state index in [1.807, 2.05) is 18.2 Å². The Morgan fingerprint density at radius 1 is 1.08 bits per heavy atom. The topological polar surface area (TPSA) is 46.8 Å². The Morgan fingerprint density at radius 3 is 2.96 bits per heavy atom. The summed E-state index contributed by atoms with van der Waals surface area (Å²) >= 11 is 6.43. The van der Waals surface area contributed by atoms with Gasteiger partial charge < -0.3 is 9.47 Å². The number of pyridine rings is 1. The van der Waals surface area contributed by atoms with Crippen LogP contribution in [-0.2, 0) is 13.0 Å². The van der Waals surface area contributed by atoms with Gasteiger partial charge in [-0.05, 0) is 30.7 Å². The van der Waals surface area contributed by atoms with Gasteiger partial charge in [0.05, 0.1) is 0 Å². The standard InChI is InChI=1S/C19H20ClN5/c20-18-15-7-2-1-5-13(15)11-17(21-18)24-9-3-6-14(12-24)19-23-22-16-8-4-10-25(16)19/h1-2,5,7,11,14H,3-4,6,8-10,12H2. The third kappa shape index (κ3) is 2.58. The number of rotatable bonds is 2. The molecule has 0 N–H and O–H groups in total. The zero-order chi connectivity index (χ0) is 16.8. The fourth-order valence-corrected chi connectivity index (χ4v) is 4.43. The number of piperidine rings is 1. The van der Waals surface area contributed by atoms with Crippen LogP contribution in [0.3, 0.4) is 0 Å². The molecule has 1 saturated heterocycles. The van der Waals surface area contributed by atoms with Gasteiger partial charge in [0.2, 0.25) is 0 Å². The van der Waals surface area contributed by atoms with Gasteiger partial charge in [0.1, 0.15) is 22.6 Å². The Labute approximate surface area is 151 Å². The lowest BCUT2D eigenvalue weighted by Gasteiger charge is -2.33. The van der Waals surface area contributed by atoms with Crippen LogP contribution in [0.4, 0.5) is 5.82 Å². The second-order valence-electron chi connectivity index (χ2n) is 7.01. The van der Waals surface area contributed by atoms with Crippen molar-refractivity contribution in [1.82, 2.24) is 19.7 Å². The monoisotopic (exact) mass is 353 g/mol. The number of hydrogen-bond acceptors (Lipinski definition) is 4. The average molecular weight is 354 g/mol. The Kier molecular flexibility index (Phi) is 3.63. The lowest BCUT2D eigenvalue weighted by Crippen LogP contribution is -2.36. The van der Waals surface area contributed by atoms with Gasteiger partial charge in [0, 0.05) is 37.4 Å². The van der Waals surface area contributed by atoms with Crippen LogP contribution in [0.5, 0.6) is 0 Å². The van der Waals surface area contributed by atoms with E-state index in [1.54, 1.807) is 0 Å². The molecule has 1 fully saturated rings. The molecule has 3 aromatic rings. The average Bonchev–Trinajstić information content (AvgIpc) is 3.25. The molecule has 6 heteroatoms. The quantitative estimate of drug-likeness (QED) is 0.657. The molecule has 0 radical (unpaired) electrons. The molecular weight excluding hydrogens is 334 g/mol. The third-order valence-electron chi connectivity index (χ3n) is 5.43. The summed E-state index contributed by atoms with van der Waals surface area (Å²) in [7, 11) is 0. The minimum absolute atomic E-state index is 0.417. The summed E-state index contributed by atoms with van der Waals surface area (Å²) in [5.41, 5.74) is 0. The molecule has 2 aromatic heterocycles. The SMILES string of the molecule is Clc1nc(N2CCCC(c3nnc4n3CCC4)C2)cc2ccccc12. The summed E-state index contributed by atoms with van der Waals surface area (Å²) < 4.78 is 2.33. The number of nitrogens with zero attached hydrogens (tertiary/aromatic N) is 5. The maximum atomic E-state index is 6.43. The van der Waals surface area contributed by atoms with Gasteiger partial charge in [-0.2, -0.15) is 0 Å². The van der Waals surface area contributed by atoms with Gasteiger partial charge in [-0.15, -0.1) is 10.2 Å². The normalized spacial score (nSPS) is 20.2. The van der Waals surface area contributed by atoms with Gasteiger partial charge in [0.25, 0.3) is 0 Å². The lowest BCUT2D eigenvalue weighted by atomic mass is 9.97. The van der Waals surface area contributed by atoms with Crippen LogP contribution >= 0.6 is 11.6 Å². The first-order valence-corrected chi connectivity index (χ1v) is 9.39. The van der Waals surface area contributed by atoms with Crippen molar-refractivity contribution in [2.75, 3.05) is 18.0 Å². The molecule has 1 atom stereocenters. The maximum absolute atomic E-state index is 6.43. The minimum atomic E-state index is 0.417. The van der Waals surface area contributed by atoms with Crippen molar-refractivity contribution < 1.29 is 0 Å². The molecule has 4 heterocycles. The molecule has 25 heavy (non-hydrogen) atoms. The summed E-state index contributed by atoms with van der Waals surface area (Å²) in [4.78, 5) is 7.01. The van der Waals surface area contributed by atoms with Crippen molar-refractivity contribution in [3.63, 3.8) is 0 Å². The van der Waals surface area contributed by atoms with E-state index >= 15 is 0 Å². The molecule has 2 aliphatic heterocycles. The predicted molar refractivity (Wildman–Crippen MR) is 99.3 cm³/mol. The fraction of sp³-hybridized carbons (Fsp3) is 0.421. The van der Waals surface area contributed by atoms with Crippen LogP contribution in [0.1, 0.15) is 36.8 Å². The van der Waals surface area contributed by atoms with Gasteiger partial charge in [-0.3, -0.25) is 0 Å². The van der Waals surface area contributed by atoms with Crippen molar-refractivity contribution in [3.05, 3.63) is 47.1 Å². The number of aryl methyl sites for hydroxylation is 1. The summed E-state index contributed by atoms with van der Waals surface area (Å²) in [6.45, 7) is 3.01. The Hall–Kier alpha value is -2.14. The van der Waals surface area contributed by atoms with Gasteiger partial charge in [-0.25, -0.2) is 4.98 Å². The molecule has 128 valence electrons. The van der Waals surface area contributed by atoms with Crippen LogP contribution in [0.25, 0.3) is 10.8 Å². The summed E-state index contributed by atoms with van der Waals surface area (Å²) in [6.07, 6.45) is 4.55. The van der Waals surface area contributed by atoms with E-state index in [1.165, 1.54) is 6.42 Å². The molecule has 0 bridgehead atoms. The molecule has 5 nitrogen and oxygen atoms in total. The van der Waals surface area contributed by atoms with E-state index in [2.05, 4.69) is 36.8 Å². The molecule has 0 amide bonds. The lowest BCUT2D eigenvalue weighted by molar-refractivity contribution is 0.471. The number of aromatic nitrogens is 4. The van der Waals surface area contributed by atoms with Crippen LogP contribution in [0, 0.1) is 0 Å². The molecule has 0 spiro atoms. The van der Waals surface area contributed by atoms with Crippen molar-refractivity contribution in [3.8, 4) is 0 Å². The van der Waals surface area contributed by atoms with E-state index in [9.17, 15) is 0 Å². The van der Waals surface area contributed by atoms with E-state index in [4.69, 9.17) is 11.6 Å². The zero-order valence-corrected chi connectivity index (χ0v) is 14.8. The number of halogens is 1. The fourth-order valence-electron chi connectivity index (χ4n) is 4.18. The Balaban J connectivity index is 1.46. The first kappa shape index (κ1) is 15.1. The molecule has 1 unspecified atom stereocenters. The molecule has 5 rings (SSSR count). The van der Waals surface area contributed by atoms with Crippen molar-refractivity contribution in [1.29, 1.82) is 0 Å². The van der Waals surface area contributed by atoms with E-state index in [-0.39, 0.29) is 0 Å². The number of anilines is 1. The first-order chi connectivity index (χ1) is 12.3. The zero-order valence-electron chi connectivity index (χ0n) is 14.0. The summed E-state index contributed by atoms with van der Waals surface area (Å²) in [5, 5.41) is 11.6. The second-order valence-corrected chi connectivity index (χ2v) is 7.37. The summed E-state index contributed by atoms with van der Waals surface area (Å²) in [6, 6.07) is 10.3. The highest BCUT2D eigenvalue weighted by Gasteiger charge is 2.29. The molecule has 0 aliphatic carbocycles. The van der Waals surface area contributed by atoms with Crippen LogP contribution in [-0.4, -0.2) is 32.8 Å². The first-order valence-electron chi connectivity index (χ1n) is 9.02. The molecular formula is C19H20ClN5. The number of hydrogen-bond donors (Lipinski definition) is 0. The number of fused-ring (bicyclic) bond motifs is 2. The van der Waals surface area contributed by atoms with Crippen molar-refractivity contribution >= 4 is 28.2 Å². The largest absolute Gasteiger partial charge is 0.356 e. The van der Waals surface area contributed by atoms with Crippen molar-refractivity contribution in [2.45, 2.75) is 38.1 Å². The third-order valence-corrected chi connectivity index (χ3v) is 5.72. The van der Waals surface area contributed by atoms with Gasteiger partial charge in [0.15, 0.2) is 0 Å². The van der Waals surface area contributed by atoms with Gasteiger partial charge >= 0.3 is 0 Å². The van der Waals surface area contributed by atoms with Crippen LogP contribution in [0.2, 0.25) is 5.15 Å². The van der Waals surface area contributed by atoms with Crippen molar-refractivity contribution in [2.24, 2.45) is 0 Å². The highest BCUT2D eigenvalue weighted by molar-refractivity contribution is 6.34. The Bertz CT molecular complexity index is 935. The highest BCUT2D eigenvalue weighted by Crippen LogP contribution is 2.32. The van der Waals surface area contributed by atoms with Crippen LogP contribution in [0.15, 0.2) is 30.3 Å². The molecule has 0 saturated carbocycles. The Morgan fingerprint density at radius 2 is 2.00 bits per heavy atom. The van der Waals surface area contributed by atoms with E-state index in [0.717, 1.165) is 67.1 Å². The summed E-state index contributed by atoms with van der Waals surface area (Å²) in [5.74, 6) is 3.69. The second kappa shape index (κ2) is 5.99. The highest BCUT2D eigenvalue weighted by atomic mass is 35.5. The maximum Gasteiger partial charge on any atom is 0.139 e.